The number of hydrogen-bond acceptors (Lipinski definition) is 4. The number of rotatable bonds is 3. The second kappa shape index (κ2) is 3.65. The third-order valence-electron chi connectivity index (χ3n) is 2.76. The highest BCUT2D eigenvalue weighted by Gasteiger charge is 2.44. The third-order valence-corrected chi connectivity index (χ3v) is 2.76. The van der Waals surface area contributed by atoms with Crippen molar-refractivity contribution in [2.75, 3.05) is 19.8 Å². The average molecular weight is 194 g/mol. The summed E-state index contributed by atoms with van der Waals surface area (Å²) in [7, 11) is 0. The molecule has 4 nitrogen and oxygen atoms in total. The van der Waals surface area contributed by atoms with Crippen molar-refractivity contribution >= 4 is 0 Å². The number of pyridine rings is 1. The SMILES string of the molecule is NC(c1ccccn1)C1(CO)COC1. The third kappa shape index (κ3) is 1.41. The fourth-order valence-electron chi connectivity index (χ4n) is 1.61. The first-order valence-electron chi connectivity index (χ1n) is 4.64. The van der Waals surface area contributed by atoms with Crippen molar-refractivity contribution < 1.29 is 9.84 Å². The Morgan fingerprint density at radius 1 is 1.57 bits per heavy atom. The quantitative estimate of drug-likeness (QED) is 0.715. The van der Waals surface area contributed by atoms with Crippen LogP contribution in [0.5, 0.6) is 0 Å². The molecule has 14 heavy (non-hydrogen) atoms. The highest BCUT2D eigenvalue weighted by molar-refractivity contribution is 5.13. The molecular weight excluding hydrogens is 180 g/mol. The molecule has 1 aromatic heterocycles. The maximum Gasteiger partial charge on any atom is 0.0609 e. The summed E-state index contributed by atoms with van der Waals surface area (Å²) in [6.45, 7) is 1.08. The summed E-state index contributed by atoms with van der Waals surface area (Å²) in [6, 6.07) is 5.37. The lowest BCUT2D eigenvalue weighted by Gasteiger charge is -2.43. The van der Waals surface area contributed by atoms with Crippen LogP contribution in [0.15, 0.2) is 24.4 Å². The van der Waals surface area contributed by atoms with E-state index in [4.69, 9.17) is 10.5 Å². The van der Waals surface area contributed by atoms with Crippen LogP contribution in [0.4, 0.5) is 0 Å². The number of nitrogens with two attached hydrogens (primary N) is 1. The van der Waals surface area contributed by atoms with Gasteiger partial charge in [0, 0.05) is 6.20 Å². The highest BCUT2D eigenvalue weighted by Crippen LogP contribution is 2.37. The van der Waals surface area contributed by atoms with E-state index in [1.165, 1.54) is 0 Å². The van der Waals surface area contributed by atoms with Crippen molar-refractivity contribution in [2.24, 2.45) is 11.1 Å². The van der Waals surface area contributed by atoms with E-state index in [2.05, 4.69) is 4.98 Å². The molecule has 76 valence electrons. The van der Waals surface area contributed by atoms with Gasteiger partial charge in [0.2, 0.25) is 0 Å². The van der Waals surface area contributed by atoms with Gasteiger partial charge in [0.1, 0.15) is 0 Å². The lowest BCUT2D eigenvalue weighted by Crippen LogP contribution is -2.53. The zero-order valence-corrected chi connectivity index (χ0v) is 7.89. The Morgan fingerprint density at radius 3 is 2.79 bits per heavy atom. The van der Waals surface area contributed by atoms with Crippen molar-refractivity contribution in [1.82, 2.24) is 4.98 Å². The summed E-state index contributed by atoms with van der Waals surface area (Å²) in [6.07, 6.45) is 1.71. The van der Waals surface area contributed by atoms with Crippen molar-refractivity contribution in [3.05, 3.63) is 30.1 Å². The molecule has 2 rings (SSSR count). The van der Waals surface area contributed by atoms with Crippen molar-refractivity contribution in [3.8, 4) is 0 Å². The lowest BCUT2D eigenvalue weighted by molar-refractivity contribution is -0.151. The van der Waals surface area contributed by atoms with Gasteiger partial charge >= 0.3 is 0 Å². The van der Waals surface area contributed by atoms with E-state index >= 15 is 0 Å². The van der Waals surface area contributed by atoms with Gasteiger partial charge in [-0.3, -0.25) is 4.98 Å². The van der Waals surface area contributed by atoms with Gasteiger partial charge in [0.25, 0.3) is 0 Å². The molecule has 1 atom stereocenters. The smallest absolute Gasteiger partial charge is 0.0609 e. The zero-order valence-electron chi connectivity index (χ0n) is 7.89. The Kier molecular flexibility index (Phi) is 2.50. The molecule has 1 unspecified atom stereocenters. The first kappa shape index (κ1) is 9.58. The maximum atomic E-state index is 9.28. The van der Waals surface area contributed by atoms with Gasteiger partial charge in [-0.2, -0.15) is 0 Å². The zero-order chi connectivity index (χ0) is 10.0. The van der Waals surface area contributed by atoms with Gasteiger partial charge in [-0.1, -0.05) is 6.07 Å². The average Bonchev–Trinajstić information content (AvgIpc) is 2.18. The Balaban J connectivity index is 2.19. The molecule has 0 amide bonds. The van der Waals surface area contributed by atoms with E-state index < -0.39 is 0 Å². The van der Waals surface area contributed by atoms with Crippen molar-refractivity contribution in [2.45, 2.75) is 6.04 Å². The minimum Gasteiger partial charge on any atom is -0.396 e. The molecule has 4 heteroatoms. The van der Waals surface area contributed by atoms with Gasteiger partial charge in [-0.25, -0.2) is 0 Å². The molecular formula is C10H14N2O2. The summed E-state index contributed by atoms with van der Waals surface area (Å²) in [5.74, 6) is 0. The van der Waals surface area contributed by atoms with Crippen LogP contribution in [-0.2, 0) is 4.74 Å². The Morgan fingerprint density at radius 2 is 2.36 bits per heavy atom. The molecule has 1 fully saturated rings. The molecule has 0 saturated carbocycles. The van der Waals surface area contributed by atoms with E-state index in [0.717, 1.165) is 5.69 Å². The van der Waals surface area contributed by atoms with Gasteiger partial charge in [-0.05, 0) is 12.1 Å². The van der Waals surface area contributed by atoms with Crippen molar-refractivity contribution in [3.63, 3.8) is 0 Å². The summed E-state index contributed by atoms with van der Waals surface area (Å²) in [5.41, 5.74) is 6.53. The largest absolute Gasteiger partial charge is 0.396 e. The standard InChI is InChI=1S/C10H14N2O2/c11-9(8-3-1-2-4-12-8)10(5-13)6-14-7-10/h1-4,9,13H,5-7,11H2. The summed E-state index contributed by atoms with van der Waals surface area (Å²) in [4.78, 5) is 4.18. The fraction of sp³-hybridized carbons (Fsp3) is 0.500. The predicted molar refractivity (Wildman–Crippen MR) is 51.5 cm³/mol. The van der Waals surface area contributed by atoms with Crippen LogP contribution in [-0.4, -0.2) is 29.9 Å². The number of aromatic nitrogens is 1. The lowest BCUT2D eigenvalue weighted by atomic mass is 9.78. The minimum atomic E-state index is -0.325. The van der Waals surface area contributed by atoms with Crippen LogP contribution in [0.1, 0.15) is 11.7 Å². The number of aliphatic hydroxyl groups excluding tert-OH is 1. The normalized spacial score (nSPS) is 21.3. The minimum absolute atomic E-state index is 0.0464. The summed E-state index contributed by atoms with van der Waals surface area (Å²) >= 11 is 0. The molecule has 0 bridgehead atoms. The fourth-order valence-corrected chi connectivity index (χ4v) is 1.61. The Bertz CT molecular complexity index is 293. The first-order valence-corrected chi connectivity index (χ1v) is 4.64. The monoisotopic (exact) mass is 194 g/mol. The summed E-state index contributed by atoms with van der Waals surface area (Å²) < 4.78 is 5.10. The second-order valence-electron chi connectivity index (χ2n) is 3.75. The van der Waals surface area contributed by atoms with Gasteiger partial charge in [-0.15, -0.1) is 0 Å². The molecule has 1 aliphatic heterocycles. The number of hydrogen-bond donors (Lipinski definition) is 2. The van der Waals surface area contributed by atoms with Crippen LogP contribution in [0.25, 0.3) is 0 Å². The maximum absolute atomic E-state index is 9.28. The topological polar surface area (TPSA) is 68.4 Å². The van der Waals surface area contributed by atoms with Crippen LogP contribution in [0, 0.1) is 5.41 Å². The first-order chi connectivity index (χ1) is 6.78. The molecule has 0 aliphatic carbocycles. The van der Waals surface area contributed by atoms with E-state index in [9.17, 15) is 5.11 Å². The predicted octanol–water partition coefficient (Wildman–Crippen LogP) is 0.0903. The Labute approximate surface area is 82.7 Å². The van der Waals surface area contributed by atoms with Crippen molar-refractivity contribution in [1.29, 1.82) is 0 Å². The van der Waals surface area contributed by atoms with Gasteiger partial charge < -0.3 is 15.6 Å². The van der Waals surface area contributed by atoms with Gasteiger partial charge in [0.05, 0.1) is 37.0 Å². The second-order valence-corrected chi connectivity index (χ2v) is 3.75. The highest BCUT2D eigenvalue weighted by atomic mass is 16.5. The van der Waals surface area contributed by atoms with E-state index in [0.29, 0.717) is 13.2 Å². The number of aliphatic hydroxyl groups is 1. The molecule has 2 heterocycles. The molecule has 1 saturated heterocycles. The summed E-state index contributed by atoms with van der Waals surface area (Å²) in [5, 5.41) is 9.28. The molecule has 0 radical (unpaired) electrons. The molecule has 0 spiro atoms. The molecule has 1 aliphatic rings. The Hall–Kier alpha value is -0.970. The number of nitrogens with zero attached hydrogens (tertiary/aromatic N) is 1. The van der Waals surface area contributed by atoms with Crippen LogP contribution >= 0.6 is 0 Å². The van der Waals surface area contributed by atoms with Gasteiger partial charge in [0.15, 0.2) is 0 Å². The van der Waals surface area contributed by atoms with Crippen LogP contribution < -0.4 is 5.73 Å². The van der Waals surface area contributed by atoms with Crippen LogP contribution in [0.3, 0.4) is 0 Å². The van der Waals surface area contributed by atoms with Crippen LogP contribution in [0.2, 0.25) is 0 Å². The molecule has 1 aromatic rings. The van der Waals surface area contributed by atoms with E-state index in [-0.39, 0.29) is 18.1 Å². The van der Waals surface area contributed by atoms with E-state index in [1.54, 1.807) is 6.20 Å². The van der Waals surface area contributed by atoms with E-state index in [1.807, 2.05) is 18.2 Å². The molecule has 0 aromatic carbocycles. The number of ether oxygens (including phenoxy) is 1. The molecule has 3 N–H and O–H groups in total.